The van der Waals surface area contributed by atoms with Gasteiger partial charge in [0.15, 0.2) is 0 Å². The number of anilines is 1. The molecule has 0 saturated heterocycles. The zero-order valence-electron chi connectivity index (χ0n) is 10.5. The molecule has 1 aromatic carbocycles. The van der Waals surface area contributed by atoms with Crippen LogP contribution in [0.5, 0.6) is 0 Å². The van der Waals surface area contributed by atoms with Crippen molar-refractivity contribution in [1.29, 1.82) is 0 Å². The number of halogens is 1. The van der Waals surface area contributed by atoms with Gasteiger partial charge < -0.3 is 5.73 Å². The molecular weight excluding hydrogens is 295 g/mol. The zero-order valence-corrected chi connectivity index (χ0v) is 12.1. The van der Waals surface area contributed by atoms with Crippen LogP contribution in [0.25, 0.3) is 0 Å². The Kier molecular flexibility index (Phi) is 4.54. The van der Waals surface area contributed by atoms with E-state index in [0.29, 0.717) is 0 Å². The van der Waals surface area contributed by atoms with Gasteiger partial charge in [-0.15, -0.1) is 0 Å². The lowest BCUT2D eigenvalue weighted by Crippen LogP contribution is -2.32. The van der Waals surface area contributed by atoms with Crippen molar-refractivity contribution in [2.45, 2.75) is 4.90 Å². The predicted molar refractivity (Wildman–Crippen MR) is 70.3 cm³/mol. The Bertz CT molecular complexity index is 671. The maximum atomic E-state index is 13.1. The van der Waals surface area contributed by atoms with E-state index in [9.17, 15) is 21.2 Å². The summed E-state index contributed by atoms with van der Waals surface area (Å²) < 4.78 is 60.2. The minimum absolute atomic E-state index is 0.0902. The lowest BCUT2D eigenvalue weighted by atomic mass is 10.3. The molecule has 0 unspecified atom stereocenters. The van der Waals surface area contributed by atoms with Crippen molar-refractivity contribution in [3.63, 3.8) is 0 Å². The molecule has 0 fully saturated rings. The molecule has 6 nitrogen and oxygen atoms in total. The van der Waals surface area contributed by atoms with Crippen molar-refractivity contribution < 1.29 is 21.2 Å². The Hall–Kier alpha value is -1.19. The van der Waals surface area contributed by atoms with E-state index in [1.807, 2.05) is 0 Å². The fraction of sp³-hybridized carbons (Fsp3) is 0.400. The van der Waals surface area contributed by atoms with E-state index in [2.05, 4.69) is 0 Å². The van der Waals surface area contributed by atoms with Gasteiger partial charge in [-0.25, -0.2) is 21.2 Å². The van der Waals surface area contributed by atoms with Crippen LogP contribution in [0.3, 0.4) is 0 Å². The Balaban J connectivity index is 3.07. The first-order valence-electron chi connectivity index (χ1n) is 5.23. The highest BCUT2D eigenvalue weighted by atomic mass is 32.2. The summed E-state index contributed by atoms with van der Waals surface area (Å²) in [6.45, 7) is -0.225. The topological polar surface area (TPSA) is 97.5 Å². The number of hydrogen-bond donors (Lipinski definition) is 1. The summed E-state index contributed by atoms with van der Waals surface area (Å²) in [7, 11) is -6.09. The first-order chi connectivity index (χ1) is 8.54. The largest absolute Gasteiger partial charge is 0.398 e. The van der Waals surface area contributed by atoms with E-state index in [1.165, 1.54) is 7.05 Å². The van der Waals surface area contributed by atoms with E-state index in [1.54, 1.807) is 0 Å². The Labute approximate surface area is 112 Å². The third-order valence-electron chi connectivity index (χ3n) is 2.44. The molecule has 0 radical (unpaired) electrons. The molecule has 0 amide bonds. The summed E-state index contributed by atoms with van der Waals surface area (Å²) in [5, 5.41) is 0. The third kappa shape index (κ3) is 4.15. The molecule has 19 heavy (non-hydrogen) atoms. The minimum atomic E-state index is -4.01. The average molecular weight is 310 g/mol. The SMILES string of the molecule is CN(CCS(C)(=O)=O)S(=O)(=O)c1cc(F)ccc1N. The van der Waals surface area contributed by atoms with Crippen LogP contribution < -0.4 is 5.73 Å². The smallest absolute Gasteiger partial charge is 0.244 e. The average Bonchev–Trinajstić information content (AvgIpc) is 2.28. The van der Waals surface area contributed by atoms with Gasteiger partial charge in [0, 0.05) is 19.8 Å². The van der Waals surface area contributed by atoms with Crippen LogP contribution in [-0.2, 0) is 19.9 Å². The maximum Gasteiger partial charge on any atom is 0.244 e. The van der Waals surface area contributed by atoms with Crippen molar-refractivity contribution in [3.05, 3.63) is 24.0 Å². The summed E-state index contributed by atoms with van der Waals surface area (Å²) in [6.07, 6.45) is 1.00. The number of hydrogen-bond acceptors (Lipinski definition) is 5. The minimum Gasteiger partial charge on any atom is -0.398 e. The highest BCUT2D eigenvalue weighted by Crippen LogP contribution is 2.22. The number of nitrogens with two attached hydrogens (primary N) is 1. The molecule has 0 heterocycles. The van der Waals surface area contributed by atoms with Gasteiger partial charge in [0.25, 0.3) is 0 Å². The molecule has 0 bridgehead atoms. The monoisotopic (exact) mass is 310 g/mol. The van der Waals surface area contributed by atoms with Gasteiger partial charge in [-0.3, -0.25) is 0 Å². The highest BCUT2D eigenvalue weighted by molar-refractivity contribution is 7.91. The number of rotatable bonds is 5. The second kappa shape index (κ2) is 5.43. The first-order valence-corrected chi connectivity index (χ1v) is 8.73. The van der Waals surface area contributed by atoms with Gasteiger partial charge in [-0.1, -0.05) is 0 Å². The summed E-state index contributed by atoms with van der Waals surface area (Å²) in [5.41, 5.74) is 5.41. The summed E-state index contributed by atoms with van der Waals surface area (Å²) in [4.78, 5) is -0.372. The molecule has 2 N–H and O–H groups in total. The van der Waals surface area contributed by atoms with Gasteiger partial charge in [0.2, 0.25) is 10.0 Å². The van der Waals surface area contributed by atoms with Crippen molar-refractivity contribution >= 4 is 25.5 Å². The molecule has 9 heteroatoms. The fourth-order valence-corrected chi connectivity index (χ4v) is 3.33. The van der Waals surface area contributed by atoms with Crippen molar-refractivity contribution in [1.82, 2.24) is 4.31 Å². The van der Waals surface area contributed by atoms with Crippen LogP contribution in [0.1, 0.15) is 0 Å². The Morgan fingerprint density at radius 1 is 1.26 bits per heavy atom. The molecule has 1 rings (SSSR count). The standard InChI is InChI=1S/C10H15FN2O4S2/c1-13(5-6-18(2,14)15)19(16,17)10-7-8(11)3-4-9(10)12/h3-4,7H,5-6,12H2,1-2H3. The molecule has 0 aliphatic rings. The van der Waals surface area contributed by atoms with E-state index < -0.39 is 25.7 Å². The Morgan fingerprint density at radius 2 is 1.84 bits per heavy atom. The van der Waals surface area contributed by atoms with Crippen molar-refractivity contribution in [2.24, 2.45) is 0 Å². The number of benzene rings is 1. The van der Waals surface area contributed by atoms with E-state index >= 15 is 0 Å². The predicted octanol–water partition coefficient (Wildman–Crippen LogP) is 0.0730. The number of nitrogens with zero attached hydrogens (tertiary/aromatic N) is 1. The second-order valence-corrected chi connectivity index (χ2v) is 8.41. The van der Waals surface area contributed by atoms with E-state index in [0.717, 1.165) is 28.8 Å². The molecule has 1 aromatic rings. The summed E-state index contributed by atoms with van der Waals surface area (Å²) >= 11 is 0. The molecule has 0 aliphatic carbocycles. The molecule has 0 aromatic heterocycles. The molecule has 0 atom stereocenters. The quantitative estimate of drug-likeness (QED) is 0.776. The van der Waals surface area contributed by atoms with Crippen LogP contribution in [-0.4, -0.2) is 46.7 Å². The molecular formula is C10H15FN2O4S2. The Morgan fingerprint density at radius 3 is 2.37 bits per heavy atom. The highest BCUT2D eigenvalue weighted by Gasteiger charge is 2.24. The normalized spacial score (nSPS) is 12.8. The summed E-state index contributed by atoms with van der Waals surface area (Å²) in [5.74, 6) is -1.05. The molecule has 0 spiro atoms. The number of nitrogen functional groups attached to an aromatic ring is 1. The molecule has 0 saturated carbocycles. The van der Waals surface area contributed by atoms with Crippen LogP contribution in [0.4, 0.5) is 10.1 Å². The molecule has 0 aliphatic heterocycles. The van der Waals surface area contributed by atoms with Crippen molar-refractivity contribution in [2.75, 3.05) is 31.3 Å². The first kappa shape index (κ1) is 15.9. The summed E-state index contributed by atoms with van der Waals surface area (Å²) in [6, 6.07) is 3.00. The van der Waals surface area contributed by atoms with Crippen LogP contribution in [0.15, 0.2) is 23.1 Å². The second-order valence-electron chi connectivity index (χ2n) is 4.14. The fourth-order valence-electron chi connectivity index (χ4n) is 1.31. The van der Waals surface area contributed by atoms with E-state index in [-0.39, 0.29) is 22.9 Å². The van der Waals surface area contributed by atoms with Crippen LogP contribution in [0.2, 0.25) is 0 Å². The van der Waals surface area contributed by atoms with Crippen molar-refractivity contribution in [3.8, 4) is 0 Å². The zero-order chi connectivity index (χ0) is 14.8. The van der Waals surface area contributed by atoms with Gasteiger partial charge >= 0.3 is 0 Å². The lowest BCUT2D eigenvalue weighted by Gasteiger charge is -2.17. The van der Waals surface area contributed by atoms with Gasteiger partial charge in [-0.2, -0.15) is 4.31 Å². The van der Waals surface area contributed by atoms with Gasteiger partial charge in [-0.05, 0) is 18.2 Å². The van der Waals surface area contributed by atoms with E-state index in [4.69, 9.17) is 5.73 Å². The maximum absolute atomic E-state index is 13.1. The lowest BCUT2D eigenvalue weighted by molar-refractivity contribution is 0.484. The van der Waals surface area contributed by atoms with Gasteiger partial charge in [0.05, 0.1) is 11.4 Å². The van der Waals surface area contributed by atoms with Crippen LogP contribution >= 0.6 is 0 Å². The molecule has 108 valence electrons. The number of sulfone groups is 1. The van der Waals surface area contributed by atoms with Crippen LogP contribution in [0, 0.1) is 5.82 Å². The third-order valence-corrected chi connectivity index (χ3v) is 5.28. The number of sulfonamides is 1. The van der Waals surface area contributed by atoms with Gasteiger partial charge in [0.1, 0.15) is 20.5 Å².